The van der Waals surface area contributed by atoms with Gasteiger partial charge in [0, 0.05) is 6.20 Å². The highest BCUT2D eigenvalue weighted by Crippen LogP contribution is 2.29. The second-order valence-electron chi connectivity index (χ2n) is 3.34. The average Bonchev–Trinajstić information content (AvgIpc) is 2.50. The molecule has 0 aliphatic carbocycles. The van der Waals surface area contributed by atoms with E-state index in [4.69, 9.17) is 0 Å². The number of carbonyl (C=O) groups excluding carboxylic acids is 1. The molecule has 6 heteroatoms. The molecule has 0 spiro atoms. The molecule has 2 rings (SSSR count). The molecule has 0 radical (unpaired) electrons. The molecule has 0 atom stereocenters. The van der Waals surface area contributed by atoms with Gasteiger partial charge in [0.1, 0.15) is 11.3 Å². The van der Waals surface area contributed by atoms with E-state index in [-0.39, 0.29) is 5.69 Å². The SMILES string of the molecule is Cc1nc2ccc(C(F)(F)F)cn2c1C=O. The highest BCUT2D eigenvalue weighted by molar-refractivity contribution is 5.76. The Labute approximate surface area is 88.5 Å². The summed E-state index contributed by atoms with van der Waals surface area (Å²) >= 11 is 0. The second kappa shape index (κ2) is 3.33. The minimum absolute atomic E-state index is 0.140. The standard InChI is InChI=1S/C10H7F3N2O/c1-6-8(5-16)15-4-7(10(11,12)13)2-3-9(15)14-6/h2-5H,1H3. The Morgan fingerprint density at radius 3 is 2.62 bits per heavy atom. The summed E-state index contributed by atoms with van der Waals surface area (Å²) in [6.45, 7) is 1.57. The minimum Gasteiger partial charge on any atom is -0.296 e. The molecule has 2 aromatic heterocycles. The van der Waals surface area contributed by atoms with Gasteiger partial charge in [0.2, 0.25) is 0 Å². The Bertz CT molecular complexity index is 557. The quantitative estimate of drug-likeness (QED) is 0.702. The molecule has 2 aromatic rings. The van der Waals surface area contributed by atoms with Gasteiger partial charge in [-0.05, 0) is 19.1 Å². The van der Waals surface area contributed by atoms with E-state index < -0.39 is 11.7 Å². The number of aldehydes is 1. The van der Waals surface area contributed by atoms with Crippen LogP contribution in [0.1, 0.15) is 21.7 Å². The molecule has 0 amide bonds. The number of hydrogen-bond acceptors (Lipinski definition) is 2. The highest BCUT2D eigenvalue weighted by Gasteiger charge is 2.31. The number of halogens is 3. The van der Waals surface area contributed by atoms with Crippen LogP contribution in [-0.2, 0) is 6.18 Å². The number of aryl methyl sites for hydroxylation is 1. The van der Waals surface area contributed by atoms with E-state index in [0.29, 0.717) is 17.6 Å². The number of rotatable bonds is 1. The lowest BCUT2D eigenvalue weighted by Gasteiger charge is -2.06. The molecular formula is C10H7F3N2O. The topological polar surface area (TPSA) is 34.4 Å². The van der Waals surface area contributed by atoms with Crippen molar-refractivity contribution in [2.24, 2.45) is 0 Å². The van der Waals surface area contributed by atoms with Crippen molar-refractivity contribution in [1.82, 2.24) is 9.38 Å². The molecule has 0 saturated heterocycles. The molecule has 0 bridgehead atoms. The van der Waals surface area contributed by atoms with Gasteiger partial charge in [-0.2, -0.15) is 13.2 Å². The van der Waals surface area contributed by atoms with E-state index in [1.807, 2.05) is 0 Å². The van der Waals surface area contributed by atoms with Crippen LogP contribution in [0.25, 0.3) is 5.65 Å². The van der Waals surface area contributed by atoms with Crippen molar-refractivity contribution in [3.8, 4) is 0 Å². The molecule has 0 aliphatic heterocycles. The van der Waals surface area contributed by atoms with Gasteiger partial charge in [-0.1, -0.05) is 0 Å². The van der Waals surface area contributed by atoms with Crippen molar-refractivity contribution < 1.29 is 18.0 Å². The zero-order valence-electron chi connectivity index (χ0n) is 8.25. The third-order valence-electron chi connectivity index (χ3n) is 2.28. The lowest BCUT2D eigenvalue weighted by atomic mass is 10.3. The molecule has 84 valence electrons. The predicted octanol–water partition coefficient (Wildman–Crippen LogP) is 2.47. The first-order valence-corrected chi connectivity index (χ1v) is 4.44. The van der Waals surface area contributed by atoms with Gasteiger partial charge >= 0.3 is 6.18 Å². The van der Waals surface area contributed by atoms with Crippen LogP contribution in [0.4, 0.5) is 13.2 Å². The van der Waals surface area contributed by atoms with Gasteiger partial charge in [-0.25, -0.2) is 4.98 Å². The maximum atomic E-state index is 12.4. The van der Waals surface area contributed by atoms with Gasteiger partial charge in [0.05, 0.1) is 11.3 Å². The fraction of sp³-hybridized carbons (Fsp3) is 0.200. The number of imidazole rings is 1. The smallest absolute Gasteiger partial charge is 0.296 e. The van der Waals surface area contributed by atoms with Crippen LogP contribution in [0.2, 0.25) is 0 Å². The maximum Gasteiger partial charge on any atom is 0.417 e. The van der Waals surface area contributed by atoms with E-state index in [1.165, 1.54) is 6.07 Å². The number of nitrogens with zero attached hydrogens (tertiary/aromatic N) is 2. The third-order valence-corrected chi connectivity index (χ3v) is 2.28. The second-order valence-corrected chi connectivity index (χ2v) is 3.34. The summed E-state index contributed by atoms with van der Waals surface area (Å²) in [7, 11) is 0. The van der Waals surface area contributed by atoms with Crippen molar-refractivity contribution >= 4 is 11.9 Å². The zero-order chi connectivity index (χ0) is 11.9. The number of carbonyl (C=O) groups is 1. The average molecular weight is 228 g/mol. The summed E-state index contributed by atoms with van der Waals surface area (Å²) in [5, 5.41) is 0. The molecule has 2 heterocycles. The summed E-state index contributed by atoms with van der Waals surface area (Å²) in [6.07, 6.45) is -3.05. The van der Waals surface area contributed by atoms with E-state index in [9.17, 15) is 18.0 Å². The van der Waals surface area contributed by atoms with Crippen LogP contribution in [0, 0.1) is 6.92 Å². The Morgan fingerprint density at radius 1 is 1.38 bits per heavy atom. The van der Waals surface area contributed by atoms with Crippen LogP contribution in [-0.4, -0.2) is 15.7 Å². The van der Waals surface area contributed by atoms with Gasteiger partial charge in [0.25, 0.3) is 0 Å². The molecular weight excluding hydrogens is 221 g/mol. The van der Waals surface area contributed by atoms with Gasteiger partial charge in [-0.3, -0.25) is 9.20 Å². The number of alkyl halides is 3. The summed E-state index contributed by atoms with van der Waals surface area (Å²) in [5.41, 5.74) is 0.0727. The van der Waals surface area contributed by atoms with Crippen molar-refractivity contribution in [2.45, 2.75) is 13.1 Å². The molecule has 0 aliphatic rings. The van der Waals surface area contributed by atoms with Crippen LogP contribution in [0.3, 0.4) is 0 Å². The number of hydrogen-bond donors (Lipinski definition) is 0. The number of aromatic nitrogens is 2. The van der Waals surface area contributed by atoms with E-state index >= 15 is 0 Å². The summed E-state index contributed by atoms with van der Waals surface area (Å²) in [4.78, 5) is 14.7. The molecule has 0 fully saturated rings. The first-order valence-electron chi connectivity index (χ1n) is 4.44. The van der Waals surface area contributed by atoms with Gasteiger partial charge in [-0.15, -0.1) is 0 Å². The normalized spacial score (nSPS) is 12.0. The Hall–Kier alpha value is -1.85. The Balaban J connectivity index is 2.73. The van der Waals surface area contributed by atoms with Crippen LogP contribution >= 0.6 is 0 Å². The zero-order valence-corrected chi connectivity index (χ0v) is 8.25. The van der Waals surface area contributed by atoms with Gasteiger partial charge in [0.15, 0.2) is 6.29 Å². The fourth-order valence-corrected chi connectivity index (χ4v) is 1.49. The first-order chi connectivity index (χ1) is 7.43. The summed E-state index contributed by atoms with van der Waals surface area (Å²) in [6, 6.07) is 2.18. The summed E-state index contributed by atoms with van der Waals surface area (Å²) < 4.78 is 38.5. The Morgan fingerprint density at radius 2 is 2.06 bits per heavy atom. The molecule has 0 aromatic carbocycles. The Kier molecular flexibility index (Phi) is 2.22. The van der Waals surface area contributed by atoms with Crippen LogP contribution < -0.4 is 0 Å². The van der Waals surface area contributed by atoms with E-state index in [1.54, 1.807) is 6.92 Å². The van der Waals surface area contributed by atoms with Crippen LogP contribution in [0.5, 0.6) is 0 Å². The lowest BCUT2D eigenvalue weighted by molar-refractivity contribution is -0.137. The third kappa shape index (κ3) is 1.56. The van der Waals surface area contributed by atoms with Crippen molar-refractivity contribution in [2.75, 3.05) is 0 Å². The minimum atomic E-state index is -4.42. The summed E-state index contributed by atoms with van der Waals surface area (Å²) in [5.74, 6) is 0. The molecule has 0 unspecified atom stereocenters. The molecule has 16 heavy (non-hydrogen) atoms. The largest absolute Gasteiger partial charge is 0.417 e. The monoisotopic (exact) mass is 228 g/mol. The van der Waals surface area contributed by atoms with Crippen LogP contribution in [0.15, 0.2) is 18.3 Å². The molecule has 0 N–H and O–H groups in total. The number of fused-ring (bicyclic) bond motifs is 1. The van der Waals surface area contributed by atoms with E-state index in [0.717, 1.165) is 16.7 Å². The highest BCUT2D eigenvalue weighted by atomic mass is 19.4. The van der Waals surface area contributed by atoms with Crippen molar-refractivity contribution in [1.29, 1.82) is 0 Å². The molecule has 3 nitrogen and oxygen atoms in total. The predicted molar refractivity (Wildman–Crippen MR) is 50.3 cm³/mol. The van der Waals surface area contributed by atoms with Crippen molar-refractivity contribution in [3.63, 3.8) is 0 Å². The fourth-order valence-electron chi connectivity index (χ4n) is 1.49. The number of pyridine rings is 1. The first kappa shape index (κ1) is 10.7. The van der Waals surface area contributed by atoms with Gasteiger partial charge < -0.3 is 0 Å². The van der Waals surface area contributed by atoms with Crippen molar-refractivity contribution in [3.05, 3.63) is 35.3 Å². The van der Waals surface area contributed by atoms with E-state index in [2.05, 4.69) is 4.98 Å². The lowest BCUT2D eigenvalue weighted by Crippen LogP contribution is -2.06. The molecule has 0 saturated carbocycles. The maximum absolute atomic E-state index is 12.4.